The van der Waals surface area contributed by atoms with Gasteiger partial charge in [0.15, 0.2) is 0 Å². The van der Waals surface area contributed by atoms with Gasteiger partial charge < -0.3 is 0 Å². The van der Waals surface area contributed by atoms with Gasteiger partial charge in [-0.2, -0.15) is 8.42 Å². The van der Waals surface area contributed by atoms with Crippen molar-refractivity contribution in [2.75, 3.05) is 0 Å². The van der Waals surface area contributed by atoms with E-state index in [1.54, 1.807) is 0 Å². The van der Waals surface area contributed by atoms with Crippen molar-refractivity contribution in [1.29, 1.82) is 5.26 Å². The van der Waals surface area contributed by atoms with E-state index >= 15 is 0 Å². The molecule has 0 spiro atoms. The highest BCUT2D eigenvalue weighted by atomic mass is 32.2. The first-order valence-corrected chi connectivity index (χ1v) is 3.16. The van der Waals surface area contributed by atoms with E-state index in [0.29, 0.717) is 0 Å². The number of nitriles is 1. The maximum Gasteiger partial charge on any atom is 0.495 e. The Labute approximate surface area is 55.4 Å². The highest BCUT2D eigenvalue weighted by molar-refractivity contribution is 8.00. The van der Waals surface area contributed by atoms with Gasteiger partial charge in [0.1, 0.15) is 0 Å². The van der Waals surface area contributed by atoms with Crippen LogP contribution in [0, 0.1) is 11.5 Å². The van der Waals surface area contributed by atoms with Crippen molar-refractivity contribution < 1.29 is 27.5 Å². The lowest BCUT2D eigenvalue weighted by Gasteiger charge is -1.90. The van der Waals surface area contributed by atoms with Crippen LogP contribution in [0.5, 0.6) is 0 Å². The second-order valence-electron chi connectivity index (χ2n) is 0.983. The van der Waals surface area contributed by atoms with Gasteiger partial charge in [0.05, 0.1) is 0 Å². The van der Waals surface area contributed by atoms with Gasteiger partial charge in [-0.3, -0.25) is 4.55 Å². The third-order valence-corrected chi connectivity index (χ3v) is 0.847. The minimum absolute atomic E-state index is 0.852. The lowest BCUT2D eigenvalue weighted by atomic mass is 11.6. The van der Waals surface area contributed by atoms with Crippen LogP contribution in [-0.2, 0) is 19.9 Å². The Morgan fingerprint density at radius 3 is 2.40 bits per heavy atom. The first kappa shape index (κ1) is 8.67. The highest BCUT2D eigenvalue weighted by Gasteiger charge is 2.21. The van der Waals surface area contributed by atoms with Crippen molar-refractivity contribution in [2.24, 2.45) is 0 Å². The van der Waals surface area contributed by atoms with Crippen molar-refractivity contribution in [2.45, 2.75) is 0 Å². The predicted molar refractivity (Wildman–Crippen MR) is 24.7 cm³/mol. The number of carbonyl (C=O) groups is 1. The predicted octanol–water partition coefficient (Wildman–Crippen LogP) is -0.577. The minimum Gasteiger partial charge on any atom is -0.277 e. The van der Waals surface area contributed by atoms with Crippen LogP contribution in [0.15, 0.2) is 0 Å². The summed E-state index contributed by atoms with van der Waals surface area (Å²) in [6, 6.07) is 0. The Morgan fingerprint density at radius 1 is 1.60 bits per heavy atom. The SMILES string of the molecule is N#COOC(=O)S(=O)(=O)O. The summed E-state index contributed by atoms with van der Waals surface area (Å²) in [6.45, 7) is 0. The average molecular weight is 167 g/mol. The molecular formula is C2HNO6S. The first-order valence-electron chi connectivity index (χ1n) is 1.72. The third kappa shape index (κ3) is 2.85. The van der Waals surface area contributed by atoms with Crippen molar-refractivity contribution >= 4 is 15.4 Å². The first-order chi connectivity index (χ1) is 4.48. The molecule has 0 aromatic carbocycles. The summed E-state index contributed by atoms with van der Waals surface area (Å²) in [6.07, 6.45) is 0.852. The van der Waals surface area contributed by atoms with E-state index in [1.807, 2.05) is 0 Å². The van der Waals surface area contributed by atoms with Crippen molar-refractivity contribution in [1.82, 2.24) is 0 Å². The van der Waals surface area contributed by atoms with Gasteiger partial charge in [-0.05, 0) is 0 Å². The molecule has 0 aliphatic rings. The van der Waals surface area contributed by atoms with Crippen LogP contribution in [0.2, 0.25) is 0 Å². The second kappa shape index (κ2) is 3.00. The summed E-state index contributed by atoms with van der Waals surface area (Å²) in [7, 11) is -4.91. The Morgan fingerprint density at radius 2 is 2.10 bits per heavy atom. The molecular weight excluding hydrogens is 166 g/mol. The third-order valence-electron chi connectivity index (χ3n) is 0.358. The number of hydrogen-bond donors (Lipinski definition) is 1. The molecule has 0 rings (SSSR count). The molecule has 0 saturated heterocycles. The van der Waals surface area contributed by atoms with Crippen LogP contribution in [0.3, 0.4) is 0 Å². The van der Waals surface area contributed by atoms with Gasteiger partial charge in [-0.15, -0.1) is 5.26 Å². The summed E-state index contributed by atoms with van der Waals surface area (Å²) in [5, 5.41) is 5.52. The van der Waals surface area contributed by atoms with Gasteiger partial charge in [0, 0.05) is 0 Å². The smallest absolute Gasteiger partial charge is 0.277 e. The van der Waals surface area contributed by atoms with Gasteiger partial charge in [-0.1, -0.05) is 0 Å². The van der Waals surface area contributed by atoms with E-state index in [-0.39, 0.29) is 0 Å². The lowest BCUT2D eigenvalue weighted by molar-refractivity contribution is -0.166. The van der Waals surface area contributed by atoms with E-state index in [1.165, 1.54) is 0 Å². The average Bonchev–Trinajstić information content (AvgIpc) is 1.80. The summed E-state index contributed by atoms with van der Waals surface area (Å²) >= 11 is 0. The molecule has 0 heterocycles. The van der Waals surface area contributed by atoms with E-state index in [0.717, 1.165) is 6.26 Å². The molecule has 0 radical (unpaired) electrons. The Bertz CT molecular complexity index is 258. The van der Waals surface area contributed by atoms with Crippen molar-refractivity contribution in [3.8, 4) is 6.26 Å². The molecule has 0 amide bonds. The fraction of sp³-hybridized carbons (Fsp3) is 0. The molecule has 0 fully saturated rings. The van der Waals surface area contributed by atoms with Gasteiger partial charge >= 0.3 is 21.7 Å². The Balaban J connectivity index is 4.04. The van der Waals surface area contributed by atoms with Crippen LogP contribution in [0.25, 0.3) is 0 Å². The van der Waals surface area contributed by atoms with E-state index in [2.05, 4.69) is 9.78 Å². The van der Waals surface area contributed by atoms with Crippen molar-refractivity contribution in [3.63, 3.8) is 0 Å². The molecule has 10 heavy (non-hydrogen) atoms. The molecule has 0 unspecified atom stereocenters. The molecule has 0 bridgehead atoms. The van der Waals surface area contributed by atoms with Gasteiger partial charge in [0.25, 0.3) is 0 Å². The van der Waals surface area contributed by atoms with Crippen LogP contribution in [-0.4, -0.2) is 18.3 Å². The van der Waals surface area contributed by atoms with E-state index in [4.69, 9.17) is 9.81 Å². The summed E-state index contributed by atoms with van der Waals surface area (Å²) in [5.41, 5.74) is 0. The van der Waals surface area contributed by atoms with Crippen LogP contribution in [0.4, 0.5) is 4.79 Å². The quantitative estimate of drug-likeness (QED) is 0.240. The van der Waals surface area contributed by atoms with Crippen LogP contribution >= 0.6 is 0 Å². The summed E-state index contributed by atoms with van der Waals surface area (Å²) in [5.74, 6) is 0. The molecule has 0 aromatic heterocycles. The molecule has 0 aliphatic carbocycles. The van der Waals surface area contributed by atoms with E-state index < -0.39 is 15.4 Å². The molecule has 56 valence electrons. The van der Waals surface area contributed by atoms with Crippen LogP contribution < -0.4 is 0 Å². The largest absolute Gasteiger partial charge is 0.495 e. The molecule has 8 heteroatoms. The zero-order valence-corrected chi connectivity index (χ0v) is 5.16. The summed E-state index contributed by atoms with van der Waals surface area (Å²) in [4.78, 5) is 16.3. The standard InChI is InChI=1S/C2HNO6S/c3-1-8-9-2(4)10(5,6)7/h(H,5,6,7). The van der Waals surface area contributed by atoms with Gasteiger partial charge in [-0.25, -0.2) is 14.6 Å². The topological polar surface area (TPSA) is 114 Å². The van der Waals surface area contributed by atoms with E-state index in [9.17, 15) is 13.2 Å². The fourth-order valence-corrected chi connectivity index (χ4v) is 0.216. The maximum atomic E-state index is 9.89. The van der Waals surface area contributed by atoms with Crippen LogP contribution in [0.1, 0.15) is 0 Å². The molecule has 1 N–H and O–H groups in total. The zero-order chi connectivity index (χ0) is 8.20. The fourth-order valence-electron chi connectivity index (χ4n) is 0.0956. The minimum atomic E-state index is -4.91. The number of carbonyl (C=O) groups excluding carboxylic acids is 1. The Hall–Kier alpha value is -1.33. The number of rotatable bonds is 1. The molecule has 7 nitrogen and oxygen atoms in total. The molecule has 0 aliphatic heterocycles. The second-order valence-corrected chi connectivity index (χ2v) is 2.27. The Kier molecular flexibility index (Phi) is 2.60. The number of nitrogens with zero attached hydrogens (tertiary/aromatic N) is 1. The zero-order valence-electron chi connectivity index (χ0n) is 4.34. The van der Waals surface area contributed by atoms with Gasteiger partial charge in [0.2, 0.25) is 0 Å². The monoisotopic (exact) mass is 167 g/mol. The molecule has 0 atom stereocenters. The number of hydrogen-bond acceptors (Lipinski definition) is 6. The normalized spacial score (nSPS) is 9.60. The summed E-state index contributed by atoms with van der Waals surface area (Å²) < 4.78 is 27.3. The van der Waals surface area contributed by atoms with Crippen molar-refractivity contribution in [3.05, 3.63) is 0 Å². The highest BCUT2D eigenvalue weighted by Crippen LogP contribution is 1.90. The molecule has 0 saturated carbocycles. The molecule has 0 aromatic rings. The lowest BCUT2D eigenvalue weighted by Crippen LogP contribution is -2.13. The maximum absolute atomic E-state index is 9.89.